The molecule has 2 atom stereocenters. The Hall–Kier alpha value is -1.30. The number of hydrogen-bond donors (Lipinski definition) is 1. The van der Waals surface area contributed by atoms with Crippen LogP contribution >= 0.6 is 12.4 Å². The number of carbonyl (C=O) groups is 1. The van der Waals surface area contributed by atoms with Crippen LogP contribution in [0.15, 0.2) is 30.3 Å². The second-order valence-corrected chi connectivity index (χ2v) is 5.96. The summed E-state index contributed by atoms with van der Waals surface area (Å²) in [5.41, 5.74) is 0. The summed E-state index contributed by atoms with van der Waals surface area (Å²) in [5, 5.41) is 3.27. The lowest BCUT2D eigenvalue weighted by Crippen LogP contribution is -2.57. The number of morpholine rings is 1. The molecule has 0 aromatic heterocycles. The van der Waals surface area contributed by atoms with E-state index in [2.05, 4.69) is 5.32 Å². The van der Waals surface area contributed by atoms with Gasteiger partial charge in [0.25, 0.3) is 0 Å². The molecule has 3 rings (SSSR count). The van der Waals surface area contributed by atoms with Gasteiger partial charge < -0.3 is 19.7 Å². The van der Waals surface area contributed by atoms with Gasteiger partial charge >= 0.3 is 0 Å². The zero-order chi connectivity index (χ0) is 15.4. The minimum atomic E-state index is -0.208. The summed E-state index contributed by atoms with van der Waals surface area (Å²) in [5.74, 6) is 1.06. The molecule has 1 aromatic rings. The highest BCUT2D eigenvalue weighted by Gasteiger charge is 2.33. The van der Waals surface area contributed by atoms with Gasteiger partial charge in [-0.1, -0.05) is 18.2 Å². The van der Waals surface area contributed by atoms with Crippen LogP contribution < -0.4 is 10.1 Å². The van der Waals surface area contributed by atoms with Crippen molar-refractivity contribution in [1.82, 2.24) is 10.2 Å². The molecule has 2 aliphatic rings. The third kappa shape index (κ3) is 4.59. The molecule has 2 fully saturated rings. The number of rotatable bonds is 3. The van der Waals surface area contributed by atoms with Crippen LogP contribution in [0.5, 0.6) is 5.75 Å². The minimum absolute atomic E-state index is 0. The van der Waals surface area contributed by atoms with Crippen LogP contribution in [0.4, 0.5) is 0 Å². The first-order valence-corrected chi connectivity index (χ1v) is 8.09. The number of likely N-dealkylation sites (tertiary alicyclic amines) is 1. The smallest absolute Gasteiger partial charge is 0.242 e. The Balaban J connectivity index is 0.00000192. The third-order valence-electron chi connectivity index (χ3n) is 4.38. The van der Waals surface area contributed by atoms with Crippen LogP contribution in [0.2, 0.25) is 0 Å². The molecule has 0 unspecified atom stereocenters. The number of benzene rings is 1. The summed E-state index contributed by atoms with van der Waals surface area (Å²) in [6.07, 6.45) is 1.89. The van der Waals surface area contributed by atoms with E-state index in [0.29, 0.717) is 6.61 Å². The summed E-state index contributed by atoms with van der Waals surface area (Å²) >= 11 is 0. The largest absolute Gasteiger partial charge is 0.490 e. The Labute approximate surface area is 143 Å². The maximum absolute atomic E-state index is 12.6. The molecule has 0 spiro atoms. The number of halogens is 1. The van der Waals surface area contributed by atoms with Crippen molar-refractivity contribution in [3.05, 3.63) is 30.3 Å². The van der Waals surface area contributed by atoms with Gasteiger partial charge in [0.2, 0.25) is 5.91 Å². The van der Waals surface area contributed by atoms with E-state index in [-0.39, 0.29) is 36.6 Å². The molecule has 2 aliphatic heterocycles. The Morgan fingerprint density at radius 2 is 1.96 bits per heavy atom. The minimum Gasteiger partial charge on any atom is -0.490 e. The fourth-order valence-electron chi connectivity index (χ4n) is 3.09. The molecule has 5 nitrogen and oxygen atoms in total. The molecule has 0 aliphatic carbocycles. The number of piperidine rings is 1. The maximum Gasteiger partial charge on any atom is 0.242 e. The standard InChI is InChI=1S/C17H24N2O3.ClH/c1-13-16(18-9-12-21-13)17(20)19-10-7-15(8-11-19)22-14-5-3-2-4-6-14;/h2-6,13,15-16,18H,7-12H2,1H3;1H/t13-,16+;/m1./s1. The Morgan fingerprint density at radius 3 is 2.61 bits per heavy atom. The van der Waals surface area contributed by atoms with Gasteiger partial charge in [0.05, 0.1) is 12.7 Å². The first-order chi connectivity index (χ1) is 10.7. The zero-order valence-electron chi connectivity index (χ0n) is 13.4. The Kier molecular flexibility index (Phi) is 6.69. The van der Waals surface area contributed by atoms with E-state index in [4.69, 9.17) is 9.47 Å². The van der Waals surface area contributed by atoms with Crippen molar-refractivity contribution in [2.24, 2.45) is 0 Å². The van der Waals surface area contributed by atoms with Gasteiger partial charge in [-0.2, -0.15) is 0 Å². The number of para-hydroxylation sites is 1. The summed E-state index contributed by atoms with van der Waals surface area (Å²) < 4.78 is 11.5. The van der Waals surface area contributed by atoms with Crippen molar-refractivity contribution in [2.75, 3.05) is 26.2 Å². The van der Waals surface area contributed by atoms with Gasteiger partial charge in [-0.15, -0.1) is 12.4 Å². The van der Waals surface area contributed by atoms with Crippen molar-refractivity contribution < 1.29 is 14.3 Å². The molecule has 23 heavy (non-hydrogen) atoms. The Bertz CT molecular complexity index is 492. The average molecular weight is 341 g/mol. The third-order valence-corrected chi connectivity index (χ3v) is 4.38. The van der Waals surface area contributed by atoms with Gasteiger partial charge in [0.1, 0.15) is 17.9 Å². The van der Waals surface area contributed by atoms with Crippen LogP contribution in [0.25, 0.3) is 0 Å². The molecule has 0 bridgehead atoms. The molecule has 2 saturated heterocycles. The fourth-order valence-corrected chi connectivity index (χ4v) is 3.09. The second kappa shape index (κ2) is 8.52. The highest BCUT2D eigenvalue weighted by Crippen LogP contribution is 2.20. The highest BCUT2D eigenvalue weighted by atomic mass is 35.5. The first-order valence-electron chi connectivity index (χ1n) is 8.09. The first kappa shape index (κ1) is 18.0. The molecule has 1 N–H and O–H groups in total. The quantitative estimate of drug-likeness (QED) is 0.912. The summed E-state index contributed by atoms with van der Waals surface area (Å²) in [6, 6.07) is 9.67. The normalized spacial score (nSPS) is 25.5. The van der Waals surface area contributed by atoms with E-state index < -0.39 is 0 Å². The van der Waals surface area contributed by atoms with E-state index >= 15 is 0 Å². The molecule has 128 valence electrons. The van der Waals surface area contributed by atoms with Crippen LogP contribution in [0.1, 0.15) is 19.8 Å². The number of nitrogens with zero attached hydrogens (tertiary/aromatic N) is 1. The topological polar surface area (TPSA) is 50.8 Å². The summed E-state index contributed by atoms with van der Waals surface area (Å²) in [6.45, 7) is 4.88. The van der Waals surface area contributed by atoms with Crippen molar-refractivity contribution in [3.63, 3.8) is 0 Å². The SMILES string of the molecule is C[C@H]1OCCN[C@@H]1C(=O)N1CCC(Oc2ccccc2)CC1.Cl. The van der Waals surface area contributed by atoms with Crippen molar-refractivity contribution in [3.8, 4) is 5.75 Å². The summed E-state index contributed by atoms with van der Waals surface area (Å²) in [4.78, 5) is 14.5. The predicted molar refractivity (Wildman–Crippen MR) is 91.1 cm³/mol. The second-order valence-electron chi connectivity index (χ2n) is 5.96. The zero-order valence-corrected chi connectivity index (χ0v) is 14.3. The average Bonchev–Trinajstić information content (AvgIpc) is 2.56. The van der Waals surface area contributed by atoms with Crippen molar-refractivity contribution in [1.29, 1.82) is 0 Å². The lowest BCUT2D eigenvalue weighted by atomic mass is 10.0. The van der Waals surface area contributed by atoms with E-state index in [9.17, 15) is 4.79 Å². The molecule has 2 heterocycles. The van der Waals surface area contributed by atoms with Gasteiger partial charge in [0.15, 0.2) is 0 Å². The maximum atomic E-state index is 12.6. The highest BCUT2D eigenvalue weighted by molar-refractivity contribution is 5.85. The van der Waals surface area contributed by atoms with Crippen molar-refractivity contribution in [2.45, 2.75) is 38.0 Å². The van der Waals surface area contributed by atoms with Crippen LogP contribution in [0, 0.1) is 0 Å². The van der Waals surface area contributed by atoms with Gasteiger partial charge in [-0.3, -0.25) is 4.79 Å². The van der Waals surface area contributed by atoms with Gasteiger partial charge in [-0.25, -0.2) is 0 Å². The predicted octanol–water partition coefficient (Wildman–Crippen LogP) is 1.86. The fraction of sp³-hybridized carbons (Fsp3) is 0.588. The molecular formula is C17H25ClN2O3. The van der Waals surface area contributed by atoms with E-state index in [0.717, 1.165) is 38.2 Å². The van der Waals surface area contributed by atoms with Gasteiger partial charge in [-0.05, 0) is 19.1 Å². The molecule has 1 amide bonds. The summed E-state index contributed by atoms with van der Waals surface area (Å²) in [7, 11) is 0. The molecular weight excluding hydrogens is 316 g/mol. The number of ether oxygens (including phenoxy) is 2. The lowest BCUT2D eigenvalue weighted by Gasteiger charge is -2.37. The van der Waals surface area contributed by atoms with Gasteiger partial charge in [0, 0.05) is 32.5 Å². The molecule has 0 radical (unpaired) electrons. The van der Waals surface area contributed by atoms with E-state index in [1.165, 1.54) is 0 Å². The van der Waals surface area contributed by atoms with Crippen LogP contribution in [-0.2, 0) is 9.53 Å². The monoisotopic (exact) mass is 340 g/mol. The number of amides is 1. The number of hydrogen-bond acceptors (Lipinski definition) is 4. The van der Waals surface area contributed by atoms with Crippen molar-refractivity contribution >= 4 is 18.3 Å². The number of nitrogens with one attached hydrogen (secondary N) is 1. The van der Waals surface area contributed by atoms with E-state index in [1.807, 2.05) is 42.2 Å². The Morgan fingerprint density at radius 1 is 1.26 bits per heavy atom. The molecule has 0 saturated carbocycles. The molecule has 1 aromatic carbocycles. The number of carbonyl (C=O) groups excluding carboxylic acids is 1. The lowest BCUT2D eigenvalue weighted by molar-refractivity contribution is -0.141. The van der Waals surface area contributed by atoms with Crippen LogP contribution in [-0.4, -0.2) is 55.3 Å². The van der Waals surface area contributed by atoms with Crippen LogP contribution in [0.3, 0.4) is 0 Å². The van der Waals surface area contributed by atoms with E-state index in [1.54, 1.807) is 0 Å². The molecule has 6 heteroatoms.